The van der Waals surface area contributed by atoms with Crippen molar-refractivity contribution in [2.75, 3.05) is 0 Å². The zero-order valence-corrected chi connectivity index (χ0v) is 16.5. The molecule has 0 aliphatic heterocycles. The van der Waals surface area contributed by atoms with Gasteiger partial charge < -0.3 is 5.11 Å². The Bertz CT molecular complexity index is 1010. The molecule has 0 bridgehead atoms. The number of hydrogen-bond donors (Lipinski definition) is 1. The first kappa shape index (κ1) is 19.8. The summed E-state index contributed by atoms with van der Waals surface area (Å²) in [5, 5.41) is 10.2. The molecule has 1 saturated carbocycles. The third-order valence-corrected chi connectivity index (χ3v) is 6.26. The van der Waals surface area contributed by atoms with Crippen LogP contribution in [-0.2, 0) is 0 Å². The van der Waals surface area contributed by atoms with Gasteiger partial charge in [-0.1, -0.05) is 25.8 Å². The van der Waals surface area contributed by atoms with Crippen LogP contribution in [0.5, 0.6) is 5.75 Å². The number of benzene rings is 3. The lowest BCUT2D eigenvalue weighted by molar-refractivity contribution is 0.307. The monoisotopic (exact) mass is 398 g/mol. The summed E-state index contributed by atoms with van der Waals surface area (Å²) >= 11 is 0. The van der Waals surface area contributed by atoms with Gasteiger partial charge in [-0.2, -0.15) is 0 Å². The number of hydrogen-bond acceptors (Lipinski definition) is 1. The molecule has 3 aromatic carbocycles. The largest absolute Gasteiger partial charge is 0.508 e. The molecule has 1 N–H and O–H groups in total. The maximum atomic E-state index is 14.9. The molecule has 4 heteroatoms. The molecule has 0 aromatic heterocycles. The van der Waals surface area contributed by atoms with E-state index in [1.165, 1.54) is 43.2 Å². The van der Waals surface area contributed by atoms with E-state index in [2.05, 4.69) is 6.92 Å². The van der Waals surface area contributed by atoms with Crippen molar-refractivity contribution in [1.29, 1.82) is 0 Å². The van der Waals surface area contributed by atoms with Crippen LogP contribution < -0.4 is 0 Å². The van der Waals surface area contributed by atoms with Crippen molar-refractivity contribution in [3.63, 3.8) is 0 Å². The first-order valence-corrected chi connectivity index (χ1v) is 10.4. The average Bonchev–Trinajstić information content (AvgIpc) is 2.69. The van der Waals surface area contributed by atoms with Crippen LogP contribution in [0.2, 0.25) is 0 Å². The third-order valence-electron chi connectivity index (χ3n) is 6.26. The Labute approximate surface area is 169 Å². The second kappa shape index (κ2) is 8.10. The van der Waals surface area contributed by atoms with Crippen LogP contribution in [0.15, 0.2) is 42.5 Å². The predicted octanol–water partition coefficient (Wildman–Crippen LogP) is 7.70. The molecular formula is C25H25F3O. The maximum absolute atomic E-state index is 14.9. The van der Waals surface area contributed by atoms with Crippen LogP contribution >= 0.6 is 0 Å². The minimum absolute atomic E-state index is 0.0560. The Kier molecular flexibility index (Phi) is 5.53. The molecule has 0 heterocycles. The van der Waals surface area contributed by atoms with E-state index >= 15 is 0 Å². The number of phenols is 1. The van der Waals surface area contributed by atoms with Crippen molar-refractivity contribution >= 4 is 10.8 Å². The molecule has 0 saturated heterocycles. The van der Waals surface area contributed by atoms with E-state index in [9.17, 15) is 18.3 Å². The Morgan fingerprint density at radius 3 is 2.21 bits per heavy atom. The fourth-order valence-corrected chi connectivity index (χ4v) is 4.74. The summed E-state index contributed by atoms with van der Waals surface area (Å²) < 4.78 is 44.4. The fraction of sp³-hybridized carbons (Fsp3) is 0.360. The van der Waals surface area contributed by atoms with Gasteiger partial charge in [-0.3, -0.25) is 0 Å². The van der Waals surface area contributed by atoms with Gasteiger partial charge in [0, 0.05) is 5.39 Å². The summed E-state index contributed by atoms with van der Waals surface area (Å²) in [6, 6.07) is 9.78. The van der Waals surface area contributed by atoms with E-state index in [4.69, 9.17) is 0 Å². The Morgan fingerprint density at radius 2 is 1.55 bits per heavy atom. The summed E-state index contributed by atoms with van der Waals surface area (Å²) in [5.74, 6) is -1.09. The first-order chi connectivity index (χ1) is 14.0. The second-order valence-corrected chi connectivity index (χ2v) is 8.23. The lowest BCUT2D eigenvalue weighted by atomic mass is 9.77. The standard InChI is InChI=1S/C25H25F3O/c1-2-3-15-4-6-16(7-5-15)18-11-23(27)25(24(28)12-18)19-10-17-8-9-20(29)14-21(17)22(26)13-19/h8-16,29H,2-7H2,1H3. The minimum Gasteiger partial charge on any atom is -0.508 e. The SMILES string of the molecule is CCCC1CCC(c2cc(F)c(-c3cc(F)c4cc(O)ccc4c3)c(F)c2)CC1. The van der Waals surface area contributed by atoms with E-state index in [0.29, 0.717) is 10.9 Å². The van der Waals surface area contributed by atoms with E-state index in [1.807, 2.05) is 0 Å². The quantitative estimate of drug-likeness (QED) is 0.477. The van der Waals surface area contributed by atoms with Gasteiger partial charge in [0.05, 0.1) is 5.56 Å². The molecule has 0 unspecified atom stereocenters. The van der Waals surface area contributed by atoms with Crippen molar-refractivity contribution in [3.8, 4) is 16.9 Å². The molecule has 0 spiro atoms. The summed E-state index contributed by atoms with van der Waals surface area (Å²) in [6.07, 6.45) is 6.52. The van der Waals surface area contributed by atoms with E-state index < -0.39 is 17.5 Å². The highest BCUT2D eigenvalue weighted by molar-refractivity contribution is 5.89. The molecule has 0 atom stereocenters. The Hall–Kier alpha value is -2.49. The zero-order chi connectivity index (χ0) is 20.5. The van der Waals surface area contributed by atoms with Crippen molar-refractivity contribution in [1.82, 2.24) is 0 Å². The van der Waals surface area contributed by atoms with Crippen LogP contribution in [0, 0.1) is 23.4 Å². The topological polar surface area (TPSA) is 20.2 Å². The normalized spacial score (nSPS) is 19.6. The number of rotatable bonds is 4. The van der Waals surface area contributed by atoms with Crippen molar-refractivity contribution < 1.29 is 18.3 Å². The lowest BCUT2D eigenvalue weighted by Crippen LogP contribution is -2.13. The van der Waals surface area contributed by atoms with Crippen LogP contribution in [0.4, 0.5) is 13.2 Å². The smallest absolute Gasteiger partial charge is 0.134 e. The number of fused-ring (bicyclic) bond motifs is 1. The van der Waals surface area contributed by atoms with E-state index in [-0.39, 0.29) is 28.2 Å². The van der Waals surface area contributed by atoms with Gasteiger partial charge in [0.1, 0.15) is 23.2 Å². The number of aromatic hydroxyl groups is 1. The molecule has 1 nitrogen and oxygen atoms in total. The second-order valence-electron chi connectivity index (χ2n) is 8.23. The van der Waals surface area contributed by atoms with Gasteiger partial charge in [-0.15, -0.1) is 0 Å². The summed E-state index contributed by atoms with van der Waals surface area (Å²) in [6.45, 7) is 2.19. The van der Waals surface area contributed by atoms with Crippen LogP contribution in [0.25, 0.3) is 21.9 Å². The third kappa shape index (κ3) is 3.98. The highest BCUT2D eigenvalue weighted by atomic mass is 19.1. The molecule has 29 heavy (non-hydrogen) atoms. The van der Waals surface area contributed by atoms with Gasteiger partial charge in [-0.05, 0) is 90.4 Å². The molecule has 4 rings (SSSR count). The predicted molar refractivity (Wildman–Crippen MR) is 111 cm³/mol. The Morgan fingerprint density at radius 1 is 0.862 bits per heavy atom. The van der Waals surface area contributed by atoms with Gasteiger partial charge >= 0.3 is 0 Å². The Balaban J connectivity index is 1.66. The summed E-state index contributed by atoms with van der Waals surface area (Å²) in [5.41, 5.74) is 0.654. The minimum atomic E-state index is -0.659. The van der Waals surface area contributed by atoms with Gasteiger partial charge in [0.2, 0.25) is 0 Å². The van der Waals surface area contributed by atoms with Gasteiger partial charge in [-0.25, -0.2) is 13.2 Å². The summed E-state index contributed by atoms with van der Waals surface area (Å²) in [4.78, 5) is 0. The van der Waals surface area contributed by atoms with Gasteiger partial charge in [0.15, 0.2) is 0 Å². The van der Waals surface area contributed by atoms with Crippen molar-refractivity contribution in [2.45, 2.75) is 51.4 Å². The lowest BCUT2D eigenvalue weighted by Gasteiger charge is -2.29. The van der Waals surface area contributed by atoms with E-state index in [0.717, 1.165) is 37.7 Å². The zero-order valence-electron chi connectivity index (χ0n) is 16.5. The molecule has 1 aliphatic carbocycles. The first-order valence-electron chi connectivity index (χ1n) is 10.4. The van der Waals surface area contributed by atoms with Crippen LogP contribution in [-0.4, -0.2) is 5.11 Å². The van der Waals surface area contributed by atoms with Crippen molar-refractivity contribution in [3.05, 3.63) is 65.5 Å². The van der Waals surface area contributed by atoms with E-state index in [1.54, 1.807) is 6.07 Å². The maximum Gasteiger partial charge on any atom is 0.134 e. The molecule has 152 valence electrons. The molecule has 0 radical (unpaired) electrons. The molecular weight excluding hydrogens is 373 g/mol. The molecule has 3 aromatic rings. The number of phenolic OH excluding ortho intramolecular Hbond substituents is 1. The molecule has 1 aliphatic rings. The average molecular weight is 398 g/mol. The van der Waals surface area contributed by atoms with Crippen LogP contribution in [0.1, 0.15) is 56.9 Å². The molecule has 1 fully saturated rings. The fourth-order valence-electron chi connectivity index (χ4n) is 4.74. The number of halogens is 3. The molecule has 0 amide bonds. The van der Waals surface area contributed by atoms with Gasteiger partial charge in [0.25, 0.3) is 0 Å². The van der Waals surface area contributed by atoms with Crippen LogP contribution in [0.3, 0.4) is 0 Å². The highest BCUT2D eigenvalue weighted by Gasteiger charge is 2.24. The summed E-state index contributed by atoms with van der Waals surface area (Å²) in [7, 11) is 0. The highest BCUT2D eigenvalue weighted by Crippen LogP contribution is 2.40. The van der Waals surface area contributed by atoms with Crippen molar-refractivity contribution in [2.24, 2.45) is 5.92 Å².